The zero-order valence-corrected chi connectivity index (χ0v) is 22.3. The average Bonchev–Trinajstić information content (AvgIpc) is 3.12. The number of Topliss-reactive ketones (excluding diaryl/α,β-unsaturated/α-hetero) is 1. The SMILES string of the molecule is COC(=O)[C@]12C(=O)C(C)=C(O)[C@@]1(C)C(C)=C[C@H]1[C@@]34CC[C@@H](OC(C)=O)C(C)(C)[C@@H]3[C@@H](C[C@]12C)OC4=O. The quantitative estimate of drug-likeness (QED) is 0.263. The van der Waals surface area contributed by atoms with E-state index < -0.39 is 50.8 Å². The molecule has 0 aromatic carbocycles. The Hall–Kier alpha value is -2.64. The first-order valence-electron chi connectivity index (χ1n) is 12.7. The fourth-order valence-corrected chi connectivity index (χ4v) is 9.58. The Labute approximate surface area is 211 Å². The van der Waals surface area contributed by atoms with Crippen molar-refractivity contribution in [3.05, 3.63) is 23.0 Å². The molecule has 5 rings (SSSR count). The van der Waals surface area contributed by atoms with Crippen molar-refractivity contribution in [3.8, 4) is 0 Å². The second-order valence-electron chi connectivity index (χ2n) is 12.5. The van der Waals surface area contributed by atoms with Crippen LogP contribution in [-0.4, -0.2) is 48.1 Å². The number of carbonyl (C=O) groups excluding carboxylic acids is 4. The van der Waals surface area contributed by atoms with Crippen LogP contribution in [0.25, 0.3) is 0 Å². The molecule has 0 aromatic rings. The van der Waals surface area contributed by atoms with Crippen molar-refractivity contribution in [2.75, 3.05) is 7.11 Å². The maximum absolute atomic E-state index is 14.1. The monoisotopic (exact) mass is 500 g/mol. The largest absolute Gasteiger partial charge is 0.511 e. The third-order valence-corrected chi connectivity index (χ3v) is 11.0. The smallest absolute Gasteiger partial charge is 0.321 e. The fourth-order valence-electron chi connectivity index (χ4n) is 9.58. The molecule has 36 heavy (non-hydrogen) atoms. The lowest BCUT2D eigenvalue weighted by Crippen LogP contribution is -2.71. The molecule has 4 aliphatic carbocycles. The Balaban J connectivity index is 1.79. The maximum Gasteiger partial charge on any atom is 0.321 e. The van der Waals surface area contributed by atoms with Gasteiger partial charge in [-0.2, -0.15) is 0 Å². The lowest BCUT2D eigenvalue weighted by molar-refractivity contribution is -0.216. The summed E-state index contributed by atoms with van der Waals surface area (Å²) in [6.45, 7) is 12.4. The molecule has 5 aliphatic rings. The summed E-state index contributed by atoms with van der Waals surface area (Å²) in [5, 5.41) is 11.3. The number of ketones is 1. The standard InChI is InChI=1S/C28H36O8/c1-13-11-17-25(6,28(23(33)34-8)21(31)14(2)20(30)26(13,28)7)12-16-19-24(4,5)18(35-15(3)29)9-10-27(17,19)22(32)36-16/h11,16-19,30H,9-10,12H2,1-8H3/t16-,17-,18-,19+,25-,26-,27+,28+/m1/s1. The van der Waals surface area contributed by atoms with Crippen molar-refractivity contribution >= 4 is 23.7 Å². The molecule has 1 saturated heterocycles. The van der Waals surface area contributed by atoms with Gasteiger partial charge >= 0.3 is 17.9 Å². The first kappa shape index (κ1) is 25.0. The van der Waals surface area contributed by atoms with Crippen LogP contribution in [0.2, 0.25) is 0 Å². The maximum atomic E-state index is 14.1. The van der Waals surface area contributed by atoms with Crippen molar-refractivity contribution in [2.24, 2.45) is 38.9 Å². The van der Waals surface area contributed by atoms with Gasteiger partial charge in [0, 0.05) is 35.2 Å². The molecule has 3 fully saturated rings. The molecule has 8 heteroatoms. The first-order valence-corrected chi connectivity index (χ1v) is 12.7. The van der Waals surface area contributed by atoms with E-state index in [1.165, 1.54) is 14.0 Å². The van der Waals surface area contributed by atoms with Crippen molar-refractivity contribution < 1.29 is 38.5 Å². The summed E-state index contributed by atoms with van der Waals surface area (Å²) in [4.78, 5) is 53.7. The van der Waals surface area contributed by atoms with E-state index in [0.717, 1.165) is 0 Å². The van der Waals surface area contributed by atoms with Gasteiger partial charge in [-0.15, -0.1) is 0 Å². The van der Waals surface area contributed by atoms with E-state index in [9.17, 15) is 24.3 Å². The van der Waals surface area contributed by atoms with Crippen LogP contribution in [0.4, 0.5) is 0 Å². The third kappa shape index (κ3) is 2.29. The number of esters is 3. The van der Waals surface area contributed by atoms with Crippen LogP contribution in [0.3, 0.4) is 0 Å². The van der Waals surface area contributed by atoms with Crippen molar-refractivity contribution in [1.82, 2.24) is 0 Å². The third-order valence-electron chi connectivity index (χ3n) is 11.0. The van der Waals surface area contributed by atoms with Gasteiger partial charge < -0.3 is 19.3 Å². The molecule has 8 nitrogen and oxygen atoms in total. The predicted molar refractivity (Wildman–Crippen MR) is 127 cm³/mol. The van der Waals surface area contributed by atoms with Crippen molar-refractivity contribution in [2.45, 2.75) is 79.9 Å². The summed E-state index contributed by atoms with van der Waals surface area (Å²) in [6.07, 6.45) is 2.14. The van der Waals surface area contributed by atoms with E-state index in [-0.39, 0.29) is 41.7 Å². The molecular weight excluding hydrogens is 464 g/mol. The molecule has 0 amide bonds. The van der Waals surface area contributed by atoms with E-state index in [4.69, 9.17) is 14.2 Å². The van der Waals surface area contributed by atoms with Crippen LogP contribution in [0, 0.1) is 38.9 Å². The Kier molecular flexibility index (Phi) is 4.88. The number of aliphatic hydroxyl groups is 1. The molecule has 196 valence electrons. The van der Waals surface area contributed by atoms with Gasteiger partial charge in [-0.3, -0.25) is 19.2 Å². The Morgan fingerprint density at radius 3 is 2.36 bits per heavy atom. The summed E-state index contributed by atoms with van der Waals surface area (Å²) in [5.74, 6) is -2.77. The molecule has 1 aliphatic heterocycles. The highest BCUT2D eigenvalue weighted by Gasteiger charge is 2.84. The van der Waals surface area contributed by atoms with Gasteiger partial charge in [0.2, 0.25) is 0 Å². The molecule has 2 bridgehead atoms. The second kappa shape index (κ2) is 7.01. The number of aliphatic hydroxyl groups excluding tert-OH is 1. The van der Waals surface area contributed by atoms with E-state index in [0.29, 0.717) is 18.4 Å². The number of fused-ring (bicyclic) bond motifs is 3. The minimum absolute atomic E-state index is 0.121. The highest BCUT2D eigenvalue weighted by atomic mass is 16.6. The average molecular weight is 501 g/mol. The Bertz CT molecular complexity index is 1180. The van der Waals surface area contributed by atoms with Gasteiger partial charge in [0.05, 0.1) is 17.9 Å². The molecule has 1 heterocycles. The Morgan fingerprint density at radius 2 is 1.78 bits per heavy atom. The lowest BCUT2D eigenvalue weighted by Gasteiger charge is -2.66. The van der Waals surface area contributed by atoms with Gasteiger partial charge in [0.15, 0.2) is 11.2 Å². The molecular formula is C28H36O8. The van der Waals surface area contributed by atoms with Crippen molar-refractivity contribution in [1.29, 1.82) is 0 Å². The number of hydrogen-bond donors (Lipinski definition) is 1. The fraction of sp³-hybridized carbons (Fsp3) is 0.714. The van der Waals surface area contributed by atoms with Gasteiger partial charge in [-0.1, -0.05) is 32.4 Å². The summed E-state index contributed by atoms with van der Waals surface area (Å²) >= 11 is 0. The summed E-state index contributed by atoms with van der Waals surface area (Å²) in [5.41, 5.74) is -4.90. The molecule has 0 unspecified atom stereocenters. The molecule has 0 radical (unpaired) electrons. The zero-order chi connectivity index (χ0) is 26.8. The van der Waals surface area contributed by atoms with E-state index in [2.05, 4.69) is 0 Å². The van der Waals surface area contributed by atoms with Gasteiger partial charge in [-0.25, -0.2) is 0 Å². The molecule has 8 atom stereocenters. The van der Waals surface area contributed by atoms with Crippen LogP contribution in [0.1, 0.15) is 67.7 Å². The Morgan fingerprint density at radius 1 is 1.14 bits per heavy atom. The normalized spacial score (nSPS) is 46.3. The molecule has 0 spiro atoms. The number of rotatable bonds is 2. The number of allylic oxidation sites excluding steroid dienone is 3. The topological polar surface area (TPSA) is 116 Å². The number of carbonyl (C=O) groups is 4. The van der Waals surface area contributed by atoms with Crippen LogP contribution in [-0.2, 0) is 33.4 Å². The summed E-state index contributed by atoms with van der Waals surface area (Å²) in [6, 6.07) is 0. The van der Waals surface area contributed by atoms with Crippen LogP contribution in [0.15, 0.2) is 23.0 Å². The summed E-state index contributed by atoms with van der Waals surface area (Å²) < 4.78 is 17.1. The van der Waals surface area contributed by atoms with Gasteiger partial charge in [0.25, 0.3) is 0 Å². The lowest BCUT2D eigenvalue weighted by atomic mass is 9.33. The number of methoxy groups -OCH3 is 1. The van der Waals surface area contributed by atoms with Crippen LogP contribution < -0.4 is 0 Å². The molecule has 1 N–H and O–H groups in total. The predicted octanol–water partition coefficient (Wildman–Crippen LogP) is 3.83. The van der Waals surface area contributed by atoms with Crippen LogP contribution >= 0.6 is 0 Å². The number of hydrogen-bond acceptors (Lipinski definition) is 8. The van der Waals surface area contributed by atoms with E-state index in [1.807, 2.05) is 33.8 Å². The van der Waals surface area contributed by atoms with Crippen LogP contribution in [0.5, 0.6) is 0 Å². The highest BCUT2D eigenvalue weighted by molar-refractivity contribution is 6.17. The van der Waals surface area contributed by atoms with Gasteiger partial charge in [0.1, 0.15) is 18.0 Å². The second-order valence-corrected chi connectivity index (χ2v) is 12.5. The summed E-state index contributed by atoms with van der Waals surface area (Å²) in [7, 11) is 1.26. The highest BCUT2D eigenvalue weighted by Crippen LogP contribution is 2.79. The van der Waals surface area contributed by atoms with E-state index >= 15 is 0 Å². The minimum atomic E-state index is -1.74. The molecule has 2 saturated carbocycles. The van der Waals surface area contributed by atoms with E-state index in [1.54, 1.807) is 13.8 Å². The van der Waals surface area contributed by atoms with Gasteiger partial charge in [-0.05, 0) is 40.0 Å². The number of ether oxygens (including phenoxy) is 3. The molecule has 0 aromatic heterocycles. The minimum Gasteiger partial charge on any atom is -0.511 e. The first-order chi connectivity index (χ1) is 16.6. The zero-order valence-electron chi connectivity index (χ0n) is 22.3. The van der Waals surface area contributed by atoms with Crippen molar-refractivity contribution in [3.63, 3.8) is 0 Å².